The van der Waals surface area contributed by atoms with Crippen LogP contribution in [0.15, 0.2) is 0 Å². The Morgan fingerprint density at radius 2 is 2.05 bits per heavy atom. The van der Waals surface area contributed by atoms with E-state index in [1.54, 1.807) is 0 Å². The Labute approximate surface area is 117 Å². The van der Waals surface area contributed by atoms with Gasteiger partial charge in [-0.25, -0.2) is 0 Å². The summed E-state index contributed by atoms with van der Waals surface area (Å²) in [5, 5.41) is 3.28. The number of hydrogen-bond donors (Lipinski definition) is 1. The van der Waals surface area contributed by atoms with Gasteiger partial charge in [-0.05, 0) is 51.2 Å². The lowest BCUT2D eigenvalue weighted by Crippen LogP contribution is -2.42. The van der Waals surface area contributed by atoms with Crippen LogP contribution in [0.5, 0.6) is 0 Å². The van der Waals surface area contributed by atoms with Gasteiger partial charge in [-0.1, -0.05) is 20.3 Å². The van der Waals surface area contributed by atoms with Gasteiger partial charge in [-0.3, -0.25) is 4.79 Å². The van der Waals surface area contributed by atoms with E-state index in [9.17, 15) is 4.79 Å². The number of hydrogen-bond acceptors (Lipinski definition) is 4. The van der Waals surface area contributed by atoms with Gasteiger partial charge < -0.3 is 15.0 Å². The van der Waals surface area contributed by atoms with Crippen molar-refractivity contribution in [1.29, 1.82) is 0 Å². The predicted molar refractivity (Wildman–Crippen MR) is 78.2 cm³/mol. The summed E-state index contributed by atoms with van der Waals surface area (Å²) in [6.45, 7) is 8.62. The second-order valence-electron chi connectivity index (χ2n) is 5.51. The Bertz CT molecular complexity index is 251. The van der Waals surface area contributed by atoms with E-state index in [4.69, 9.17) is 4.74 Å². The molecule has 1 atom stereocenters. The second kappa shape index (κ2) is 9.32. The Kier molecular flexibility index (Phi) is 8.07. The Morgan fingerprint density at radius 1 is 1.37 bits per heavy atom. The fourth-order valence-corrected chi connectivity index (χ4v) is 2.69. The van der Waals surface area contributed by atoms with Gasteiger partial charge in [-0.2, -0.15) is 0 Å². The zero-order chi connectivity index (χ0) is 14.1. The normalized spacial score (nSPS) is 19.3. The molecule has 0 aromatic rings. The minimum atomic E-state index is -0.145. The molecule has 0 aromatic heterocycles. The molecule has 0 radical (unpaired) electrons. The maximum absolute atomic E-state index is 11.7. The molecule has 1 unspecified atom stereocenters. The first-order chi connectivity index (χ1) is 9.21. The van der Waals surface area contributed by atoms with Gasteiger partial charge in [-0.15, -0.1) is 0 Å². The summed E-state index contributed by atoms with van der Waals surface area (Å²) in [5.74, 6) is 0.780. The fourth-order valence-electron chi connectivity index (χ4n) is 2.69. The van der Waals surface area contributed by atoms with E-state index in [-0.39, 0.29) is 12.0 Å². The van der Waals surface area contributed by atoms with Crippen LogP contribution in [0, 0.1) is 5.92 Å². The number of carbonyl (C=O) groups is 1. The summed E-state index contributed by atoms with van der Waals surface area (Å²) < 4.78 is 4.86. The highest BCUT2D eigenvalue weighted by atomic mass is 16.5. The van der Waals surface area contributed by atoms with E-state index < -0.39 is 0 Å². The molecule has 0 bridgehead atoms. The van der Waals surface area contributed by atoms with Crippen molar-refractivity contribution in [1.82, 2.24) is 10.2 Å². The van der Waals surface area contributed by atoms with Gasteiger partial charge in [0.1, 0.15) is 6.04 Å². The smallest absolute Gasteiger partial charge is 0.322 e. The highest BCUT2D eigenvalue weighted by molar-refractivity contribution is 5.75. The van der Waals surface area contributed by atoms with Gasteiger partial charge in [0, 0.05) is 6.54 Å². The van der Waals surface area contributed by atoms with Gasteiger partial charge >= 0.3 is 5.97 Å². The third kappa shape index (κ3) is 5.91. The number of methoxy groups -OCH3 is 1. The van der Waals surface area contributed by atoms with Crippen LogP contribution in [-0.4, -0.2) is 50.2 Å². The number of piperidine rings is 1. The first-order valence-electron chi connectivity index (χ1n) is 7.74. The van der Waals surface area contributed by atoms with Crippen LogP contribution in [0.3, 0.4) is 0 Å². The maximum atomic E-state index is 11.7. The van der Waals surface area contributed by atoms with Gasteiger partial charge in [0.15, 0.2) is 0 Å². The van der Waals surface area contributed by atoms with E-state index in [1.165, 1.54) is 39.5 Å². The molecule has 1 rings (SSSR count). The first-order valence-corrected chi connectivity index (χ1v) is 7.74. The van der Waals surface area contributed by atoms with Crippen LogP contribution in [-0.2, 0) is 9.53 Å². The molecule has 0 aromatic carbocycles. The zero-order valence-electron chi connectivity index (χ0n) is 12.8. The number of ether oxygens (including phenoxy) is 1. The molecule has 0 amide bonds. The van der Waals surface area contributed by atoms with E-state index in [0.717, 1.165) is 31.8 Å². The summed E-state index contributed by atoms with van der Waals surface area (Å²) in [5.41, 5.74) is 0. The standard InChI is InChI=1S/C15H30N2O2/c1-4-9-16-14(15(18)19-3)8-12-17-10-6-13(5-2)7-11-17/h13-14,16H,4-12H2,1-3H3. The van der Waals surface area contributed by atoms with Gasteiger partial charge in [0.2, 0.25) is 0 Å². The van der Waals surface area contributed by atoms with Crippen LogP contribution >= 0.6 is 0 Å². The van der Waals surface area contributed by atoms with Crippen LogP contribution in [0.1, 0.15) is 46.0 Å². The molecule has 0 aliphatic carbocycles. The average molecular weight is 270 g/mol. The number of esters is 1. The lowest BCUT2D eigenvalue weighted by atomic mass is 9.94. The molecule has 1 heterocycles. The van der Waals surface area contributed by atoms with Crippen molar-refractivity contribution in [3.8, 4) is 0 Å². The molecule has 1 N–H and O–H groups in total. The summed E-state index contributed by atoms with van der Waals surface area (Å²) in [6.07, 6.45) is 5.80. The quantitative estimate of drug-likeness (QED) is 0.685. The van der Waals surface area contributed by atoms with Crippen molar-refractivity contribution in [3.63, 3.8) is 0 Å². The summed E-state index contributed by atoms with van der Waals surface area (Å²) in [6, 6.07) is -0.145. The minimum Gasteiger partial charge on any atom is -0.468 e. The molecule has 4 heteroatoms. The number of likely N-dealkylation sites (tertiary alicyclic amines) is 1. The SMILES string of the molecule is CCCNC(CCN1CCC(CC)CC1)C(=O)OC. The molecule has 0 saturated carbocycles. The summed E-state index contributed by atoms with van der Waals surface area (Å²) >= 11 is 0. The molecule has 1 aliphatic rings. The van der Waals surface area contributed by atoms with Crippen LogP contribution < -0.4 is 5.32 Å². The molecule has 4 nitrogen and oxygen atoms in total. The topological polar surface area (TPSA) is 41.6 Å². The molecule has 112 valence electrons. The Hall–Kier alpha value is -0.610. The lowest BCUT2D eigenvalue weighted by Gasteiger charge is -2.32. The third-order valence-electron chi connectivity index (χ3n) is 4.14. The minimum absolute atomic E-state index is 0.128. The third-order valence-corrected chi connectivity index (χ3v) is 4.14. The zero-order valence-corrected chi connectivity index (χ0v) is 12.8. The molecule has 1 saturated heterocycles. The average Bonchev–Trinajstić information content (AvgIpc) is 2.47. The number of nitrogens with one attached hydrogen (secondary N) is 1. The van der Waals surface area contributed by atoms with Crippen LogP contribution in [0.2, 0.25) is 0 Å². The first kappa shape index (κ1) is 16.4. The highest BCUT2D eigenvalue weighted by Gasteiger charge is 2.22. The molecular weight excluding hydrogens is 240 g/mol. The molecule has 19 heavy (non-hydrogen) atoms. The van der Waals surface area contributed by atoms with Crippen molar-refractivity contribution in [2.75, 3.05) is 33.3 Å². The van der Waals surface area contributed by atoms with E-state index in [1.807, 2.05) is 0 Å². The van der Waals surface area contributed by atoms with Crippen LogP contribution in [0.4, 0.5) is 0 Å². The molecule has 0 spiro atoms. The predicted octanol–water partition coefficient (Wildman–Crippen LogP) is 2.04. The monoisotopic (exact) mass is 270 g/mol. The van der Waals surface area contributed by atoms with Gasteiger partial charge in [0.05, 0.1) is 7.11 Å². The number of rotatable bonds is 8. The number of nitrogens with zero attached hydrogens (tertiary/aromatic N) is 1. The Balaban J connectivity index is 2.29. The van der Waals surface area contributed by atoms with Crippen molar-refractivity contribution in [2.45, 2.75) is 52.0 Å². The summed E-state index contributed by atoms with van der Waals surface area (Å²) in [4.78, 5) is 14.2. The highest BCUT2D eigenvalue weighted by Crippen LogP contribution is 2.20. The van der Waals surface area contributed by atoms with E-state index in [0.29, 0.717) is 0 Å². The van der Waals surface area contributed by atoms with Crippen molar-refractivity contribution >= 4 is 5.97 Å². The molecular formula is C15H30N2O2. The fraction of sp³-hybridized carbons (Fsp3) is 0.933. The van der Waals surface area contributed by atoms with Crippen molar-refractivity contribution < 1.29 is 9.53 Å². The van der Waals surface area contributed by atoms with Crippen molar-refractivity contribution in [2.24, 2.45) is 5.92 Å². The molecule has 1 fully saturated rings. The van der Waals surface area contributed by atoms with Gasteiger partial charge in [0.25, 0.3) is 0 Å². The van der Waals surface area contributed by atoms with Crippen molar-refractivity contribution in [3.05, 3.63) is 0 Å². The second-order valence-corrected chi connectivity index (χ2v) is 5.51. The largest absolute Gasteiger partial charge is 0.468 e. The molecule has 1 aliphatic heterocycles. The van der Waals surface area contributed by atoms with Crippen LogP contribution in [0.25, 0.3) is 0 Å². The number of carbonyl (C=O) groups excluding carboxylic acids is 1. The maximum Gasteiger partial charge on any atom is 0.322 e. The Morgan fingerprint density at radius 3 is 2.58 bits per heavy atom. The summed E-state index contributed by atoms with van der Waals surface area (Å²) in [7, 11) is 1.47. The lowest BCUT2D eigenvalue weighted by molar-refractivity contribution is -0.143. The van der Waals surface area contributed by atoms with E-state index >= 15 is 0 Å². The van der Waals surface area contributed by atoms with E-state index in [2.05, 4.69) is 24.1 Å².